The molecule has 5 heteroatoms. The fraction of sp³-hybridized carbons (Fsp3) is 0.125. The van der Waals surface area contributed by atoms with Crippen molar-refractivity contribution in [2.45, 2.75) is 6.32 Å². The third kappa shape index (κ3) is 2.15. The monoisotopic (exact) mass is 175 g/mol. The van der Waals surface area contributed by atoms with Gasteiger partial charge in [-0.25, -0.2) is 0 Å². The lowest BCUT2D eigenvalue weighted by molar-refractivity contribution is -0.384. The van der Waals surface area contributed by atoms with Crippen LogP contribution in [0.2, 0.25) is 6.32 Å². The Hall–Kier alpha value is -1.65. The van der Waals surface area contributed by atoms with Crippen molar-refractivity contribution >= 4 is 19.3 Å². The Kier molecular flexibility index (Phi) is 2.79. The molecule has 0 aliphatic rings. The third-order valence-electron chi connectivity index (χ3n) is 1.56. The summed E-state index contributed by atoms with van der Waals surface area (Å²) >= 11 is 0. The van der Waals surface area contributed by atoms with Crippen LogP contribution < -0.4 is 0 Å². The number of carbonyl (C=O) groups is 1. The highest BCUT2D eigenvalue weighted by Gasteiger charge is 2.08. The first-order valence-electron chi connectivity index (χ1n) is 3.63. The first-order valence-corrected chi connectivity index (χ1v) is 3.63. The number of Topliss-reactive ketones (excluding diaryl/α,β-unsaturated/α-hetero) is 1. The lowest BCUT2D eigenvalue weighted by Crippen LogP contribution is -1.98. The summed E-state index contributed by atoms with van der Waals surface area (Å²) in [7, 11) is 5.11. The molecule has 0 fully saturated rings. The molecule has 13 heavy (non-hydrogen) atoms. The van der Waals surface area contributed by atoms with E-state index in [9.17, 15) is 14.9 Å². The third-order valence-corrected chi connectivity index (χ3v) is 1.56. The molecule has 0 saturated carbocycles. The summed E-state index contributed by atoms with van der Waals surface area (Å²) in [5.74, 6) is -0.302. The standard InChI is InChI=1S/C8H6BNO3/c9-5-8(11)6-2-1-3-7(4-6)10(12)13/h1-4H,5H2. The van der Waals surface area contributed by atoms with Gasteiger partial charge in [0.2, 0.25) is 0 Å². The Balaban J connectivity index is 3.05. The van der Waals surface area contributed by atoms with Crippen LogP contribution in [0.25, 0.3) is 0 Å². The number of non-ortho nitro benzene ring substituents is 1. The highest BCUT2D eigenvalue weighted by molar-refractivity contribution is 6.24. The van der Waals surface area contributed by atoms with Crippen LogP contribution in [0.15, 0.2) is 24.3 Å². The van der Waals surface area contributed by atoms with Gasteiger partial charge in [0.05, 0.1) is 12.8 Å². The molecule has 0 heterocycles. The van der Waals surface area contributed by atoms with Crippen molar-refractivity contribution in [2.24, 2.45) is 0 Å². The van der Waals surface area contributed by atoms with E-state index < -0.39 is 4.92 Å². The highest BCUT2D eigenvalue weighted by atomic mass is 16.6. The molecule has 0 spiro atoms. The number of hydrogen-bond donors (Lipinski definition) is 0. The van der Waals surface area contributed by atoms with Crippen LogP contribution >= 0.6 is 0 Å². The zero-order valence-corrected chi connectivity index (χ0v) is 6.77. The second-order valence-electron chi connectivity index (χ2n) is 2.43. The number of nitrogens with zero attached hydrogens (tertiary/aromatic N) is 1. The Bertz CT molecular complexity index is 351. The first kappa shape index (κ1) is 9.44. The van der Waals surface area contributed by atoms with Crippen LogP contribution in [-0.4, -0.2) is 18.6 Å². The number of hydrogen-bond acceptors (Lipinski definition) is 3. The van der Waals surface area contributed by atoms with Crippen molar-refractivity contribution in [3.05, 3.63) is 39.9 Å². The molecule has 0 bridgehead atoms. The molecule has 1 aromatic rings. The summed E-state index contributed by atoms with van der Waals surface area (Å²) in [6, 6.07) is 5.51. The molecule has 0 amide bonds. The largest absolute Gasteiger partial charge is 0.295 e. The molecule has 0 aliphatic heterocycles. The highest BCUT2D eigenvalue weighted by Crippen LogP contribution is 2.13. The molecule has 2 radical (unpaired) electrons. The van der Waals surface area contributed by atoms with E-state index >= 15 is 0 Å². The van der Waals surface area contributed by atoms with E-state index in [1.165, 1.54) is 24.3 Å². The van der Waals surface area contributed by atoms with Crippen molar-refractivity contribution in [1.29, 1.82) is 0 Å². The minimum atomic E-state index is -0.548. The number of benzene rings is 1. The van der Waals surface area contributed by atoms with Gasteiger partial charge in [0.25, 0.3) is 5.69 Å². The van der Waals surface area contributed by atoms with Gasteiger partial charge in [0, 0.05) is 17.7 Å². The van der Waals surface area contributed by atoms with E-state index in [0.717, 1.165) is 0 Å². The summed E-state index contributed by atoms with van der Waals surface area (Å²) in [6.45, 7) is 0. The lowest BCUT2D eigenvalue weighted by Gasteiger charge is -1.96. The van der Waals surface area contributed by atoms with Crippen molar-refractivity contribution in [3.63, 3.8) is 0 Å². The maximum Gasteiger partial charge on any atom is 0.270 e. The lowest BCUT2D eigenvalue weighted by atomic mass is 9.96. The van der Waals surface area contributed by atoms with Crippen molar-refractivity contribution in [3.8, 4) is 0 Å². The fourth-order valence-electron chi connectivity index (χ4n) is 0.911. The zero-order valence-electron chi connectivity index (χ0n) is 6.77. The summed E-state index contributed by atoms with van der Waals surface area (Å²) in [6.07, 6.45) is -0.138. The number of rotatable bonds is 3. The molecule has 0 aromatic heterocycles. The van der Waals surface area contributed by atoms with E-state index in [1.807, 2.05) is 0 Å². The fourth-order valence-corrected chi connectivity index (χ4v) is 0.911. The van der Waals surface area contributed by atoms with Gasteiger partial charge >= 0.3 is 0 Å². The van der Waals surface area contributed by atoms with Crippen LogP contribution in [0.4, 0.5) is 5.69 Å². The van der Waals surface area contributed by atoms with E-state index in [1.54, 1.807) is 0 Å². The molecule has 1 rings (SSSR count). The van der Waals surface area contributed by atoms with Crippen LogP contribution in [-0.2, 0) is 0 Å². The van der Waals surface area contributed by atoms with Crippen LogP contribution in [0.1, 0.15) is 10.4 Å². The number of carbonyl (C=O) groups excluding carboxylic acids is 1. The topological polar surface area (TPSA) is 60.2 Å². The SMILES string of the molecule is [B]CC(=O)c1cccc([N+](=O)[O-])c1. The number of nitro benzene ring substituents is 1. The molecule has 0 N–H and O–H groups in total. The molecular weight excluding hydrogens is 169 g/mol. The summed E-state index contributed by atoms with van der Waals surface area (Å²) < 4.78 is 0. The number of nitro groups is 1. The van der Waals surface area contributed by atoms with Gasteiger partial charge in [-0.15, -0.1) is 0 Å². The van der Waals surface area contributed by atoms with Gasteiger partial charge in [0.15, 0.2) is 5.78 Å². The molecular formula is C8H6BNO3. The van der Waals surface area contributed by atoms with Crippen molar-refractivity contribution in [1.82, 2.24) is 0 Å². The normalized spacial score (nSPS) is 9.54. The first-order chi connectivity index (χ1) is 6.15. The average Bonchev–Trinajstić information content (AvgIpc) is 2.17. The smallest absolute Gasteiger partial charge is 0.270 e. The Labute approximate surface area is 76.1 Å². The molecule has 0 unspecified atom stereocenters. The van der Waals surface area contributed by atoms with Crippen molar-refractivity contribution < 1.29 is 9.72 Å². The quantitative estimate of drug-likeness (QED) is 0.301. The summed E-state index contributed by atoms with van der Waals surface area (Å²) in [5, 5.41) is 10.3. The second kappa shape index (κ2) is 3.84. The summed E-state index contributed by atoms with van der Waals surface area (Å²) in [5.41, 5.74) is 0.177. The van der Waals surface area contributed by atoms with E-state index in [0.29, 0.717) is 0 Å². The van der Waals surface area contributed by atoms with Crippen LogP contribution in [0, 0.1) is 10.1 Å². The molecule has 64 valence electrons. The van der Waals surface area contributed by atoms with Gasteiger partial charge in [-0.1, -0.05) is 12.1 Å². The predicted molar refractivity (Wildman–Crippen MR) is 48.0 cm³/mol. The predicted octanol–water partition coefficient (Wildman–Crippen LogP) is 1.36. The van der Waals surface area contributed by atoms with Gasteiger partial charge < -0.3 is 0 Å². The van der Waals surface area contributed by atoms with E-state index in [2.05, 4.69) is 0 Å². The molecule has 4 nitrogen and oxygen atoms in total. The summed E-state index contributed by atoms with van der Waals surface area (Å²) in [4.78, 5) is 20.8. The molecule has 0 aliphatic carbocycles. The minimum absolute atomic E-state index is 0.0979. The van der Waals surface area contributed by atoms with Crippen LogP contribution in [0.3, 0.4) is 0 Å². The maximum atomic E-state index is 11.0. The van der Waals surface area contributed by atoms with Gasteiger partial charge in [-0.3, -0.25) is 14.9 Å². The molecule has 0 saturated heterocycles. The molecule has 1 aromatic carbocycles. The van der Waals surface area contributed by atoms with Gasteiger partial charge in [-0.2, -0.15) is 0 Å². The van der Waals surface area contributed by atoms with Gasteiger partial charge in [0.1, 0.15) is 0 Å². The number of ketones is 1. The Morgan fingerprint density at radius 2 is 2.23 bits per heavy atom. The Morgan fingerprint density at radius 1 is 1.54 bits per heavy atom. The van der Waals surface area contributed by atoms with E-state index in [4.69, 9.17) is 7.85 Å². The van der Waals surface area contributed by atoms with E-state index in [-0.39, 0.29) is 23.4 Å². The second-order valence-corrected chi connectivity index (χ2v) is 2.43. The minimum Gasteiger partial charge on any atom is -0.295 e. The zero-order chi connectivity index (χ0) is 9.84. The average molecular weight is 175 g/mol. The van der Waals surface area contributed by atoms with Gasteiger partial charge in [-0.05, 0) is 6.32 Å². The van der Waals surface area contributed by atoms with Crippen LogP contribution in [0.5, 0.6) is 0 Å². The maximum absolute atomic E-state index is 11.0. The van der Waals surface area contributed by atoms with Crippen molar-refractivity contribution in [2.75, 3.05) is 0 Å². The molecule has 0 atom stereocenters. The Morgan fingerprint density at radius 3 is 2.77 bits per heavy atom.